The summed E-state index contributed by atoms with van der Waals surface area (Å²) < 4.78 is 42.0. The van der Waals surface area contributed by atoms with E-state index in [1.807, 2.05) is 12.1 Å². The Kier molecular flexibility index (Phi) is 8.28. The van der Waals surface area contributed by atoms with Crippen molar-refractivity contribution in [3.8, 4) is 11.5 Å². The standard InChI is InChI=1S/C32H36ClN3O6S/c1-40-31(37)12-21-11-26(16-35-15-21)41-18-24-5-4-23(24)17-36-19-32(10-2-3-22-13-25(33)6-8-28(22)32)20-42-30-9-7-27(14-29(30)36)43(34,38)39/h6-9,11,13-16,23-24H,2-5,10,12,17-20H2,1H3,(H2,34,38,39)/t23-,24-,32-/m0/s1. The van der Waals surface area contributed by atoms with Crippen molar-refractivity contribution >= 4 is 33.3 Å². The topological polar surface area (TPSA) is 121 Å². The van der Waals surface area contributed by atoms with Gasteiger partial charge >= 0.3 is 5.97 Å². The molecule has 1 fully saturated rings. The molecule has 0 unspecified atom stereocenters. The van der Waals surface area contributed by atoms with E-state index in [1.165, 1.54) is 24.3 Å². The first-order valence-electron chi connectivity index (χ1n) is 14.6. The number of fused-ring (bicyclic) bond motifs is 3. The summed E-state index contributed by atoms with van der Waals surface area (Å²) in [5, 5.41) is 6.27. The fraction of sp³-hybridized carbons (Fsp3) is 0.438. The molecule has 2 aliphatic carbocycles. The summed E-state index contributed by atoms with van der Waals surface area (Å²) in [6.07, 6.45) is 8.45. The molecule has 3 aromatic rings. The third kappa shape index (κ3) is 6.32. The molecular formula is C32H36ClN3O6S. The van der Waals surface area contributed by atoms with Crippen LogP contribution in [0.4, 0.5) is 5.69 Å². The van der Waals surface area contributed by atoms with Crippen LogP contribution in [0.1, 0.15) is 42.4 Å². The minimum atomic E-state index is -3.89. The van der Waals surface area contributed by atoms with Crippen molar-refractivity contribution in [2.45, 2.75) is 48.8 Å². The fourth-order valence-electron chi connectivity index (χ4n) is 6.73. The highest BCUT2D eigenvalue weighted by Gasteiger charge is 2.43. The van der Waals surface area contributed by atoms with Crippen LogP contribution in [0.15, 0.2) is 59.8 Å². The van der Waals surface area contributed by atoms with Gasteiger partial charge in [0.2, 0.25) is 10.0 Å². The normalized spacial score (nSPS) is 22.9. The minimum Gasteiger partial charge on any atom is -0.492 e. The summed E-state index contributed by atoms with van der Waals surface area (Å²) in [6.45, 7) is 2.43. The number of hydrogen-bond acceptors (Lipinski definition) is 8. The Bertz CT molecular complexity index is 1630. The highest BCUT2D eigenvalue weighted by atomic mass is 35.5. The van der Waals surface area contributed by atoms with E-state index >= 15 is 0 Å². The van der Waals surface area contributed by atoms with Gasteiger partial charge in [-0.1, -0.05) is 17.7 Å². The van der Waals surface area contributed by atoms with E-state index in [2.05, 4.69) is 22.0 Å². The van der Waals surface area contributed by atoms with E-state index in [0.29, 0.717) is 43.1 Å². The van der Waals surface area contributed by atoms with Crippen LogP contribution in [-0.4, -0.2) is 52.8 Å². The summed E-state index contributed by atoms with van der Waals surface area (Å²) in [5.41, 5.74) is 3.72. The van der Waals surface area contributed by atoms with Gasteiger partial charge in [0.1, 0.15) is 11.5 Å². The summed E-state index contributed by atoms with van der Waals surface area (Å²) >= 11 is 6.37. The summed E-state index contributed by atoms with van der Waals surface area (Å²) in [7, 11) is -2.53. The number of hydrogen-bond donors (Lipinski definition) is 1. The van der Waals surface area contributed by atoms with E-state index in [9.17, 15) is 13.2 Å². The molecule has 0 radical (unpaired) electrons. The van der Waals surface area contributed by atoms with Crippen LogP contribution in [0.25, 0.3) is 0 Å². The number of benzene rings is 2. The second-order valence-corrected chi connectivity index (χ2v) is 14.0. The van der Waals surface area contributed by atoms with Crippen molar-refractivity contribution in [3.05, 3.63) is 76.6 Å². The van der Waals surface area contributed by atoms with Crippen LogP contribution < -0.4 is 19.5 Å². The average molecular weight is 626 g/mol. The smallest absolute Gasteiger partial charge is 0.310 e. The number of nitrogens with two attached hydrogens (primary N) is 1. The van der Waals surface area contributed by atoms with Gasteiger partial charge in [0, 0.05) is 29.7 Å². The van der Waals surface area contributed by atoms with Crippen molar-refractivity contribution in [1.29, 1.82) is 0 Å². The number of esters is 1. The molecule has 228 valence electrons. The van der Waals surface area contributed by atoms with Crippen LogP contribution in [0.5, 0.6) is 11.5 Å². The molecule has 11 heteroatoms. The number of methoxy groups -OCH3 is 1. The third-order valence-corrected chi connectivity index (χ3v) is 10.3. The SMILES string of the molecule is COC(=O)Cc1cncc(OC[C@@H]2CC[C@H]2CN2C[C@@]3(CCCc4cc(Cl)ccc43)COc3ccc(S(N)(=O)=O)cc32)c1. The van der Waals surface area contributed by atoms with Crippen LogP contribution in [-0.2, 0) is 37.8 Å². The van der Waals surface area contributed by atoms with Crippen molar-refractivity contribution in [2.24, 2.45) is 17.0 Å². The lowest BCUT2D eigenvalue weighted by Gasteiger charge is -2.44. The van der Waals surface area contributed by atoms with Gasteiger partial charge in [0.05, 0.1) is 43.5 Å². The number of nitrogens with zero attached hydrogens (tertiary/aromatic N) is 2. The first-order chi connectivity index (χ1) is 20.6. The number of pyridine rings is 1. The lowest BCUT2D eigenvalue weighted by Crippen LogP contribution is -2.49. The Balaban J connectivity index is 1.25. The number of carbonyl (C=O) groups excluding carboxylic acids is 1. The van der Waals surface area contributed by atoms with E-state index in [0.717, 1.165) is 54.9 Å². The zero-order chi connectivity index (χ0) is 30.2. The van der Waals surface area contributed by atoms with Gasteiger partial charge in [-0.15, -0.1) is 0 Å². The van der Waals surface area contributed by atoms with Crippen LogP contribution in [0, 0.1) is 11.8 Å². The van der Waals surface area contributed by atoms with Gasteiger partial charge in [-0.05, 0) is 97.0 Å². The monoisotopic (exact) mass is 625 g/mol. The molecule has 6 rings (SSSR count). The van der Waals surface area contributed by atoms with Gasteiger partial charge in [0.25, 0.3) is 0 Å². The molecule has 43 heavy (non-hydrogen) atoms. The largest absolute Gasteiger partial charge is 0.492 e. The number of aryl methyl sites for hydroxylation is 1. The van der Waals surface area contributed by atoms with Gasteiger partial charge in [-0.2, -0.15) is 0 Å². The number of anilines is 1. The van der Waals surface area contributed by atoms with E-state index in [1.54, 1.807) is 24.5 Å². The Morgan fingerprint density at radius 3 is 2.77 bits per heavy atom. The summed E-state index contributed by atoms with van der Waals surface area (Å²) in [4.78, 5) is 18.3. The van der Waals surface area contributed by atoms with Crippen molar-refractivity contribution in [1.82, 2.24) is 4.98 Å². The summed E-state index contributed by atoms with van der Waals surface area (Å²) in [5.74, 6) is 1.60. The fourth-order valence-corrected chi connectivity index (χ4v) is 7.46. The molecular weight excluding hydrogens is 590 g/mol. The molecule has 1 aromatic heterocycles. The first kappa shape index (κ1) is 29.7. The molecule has 2 aromatic carbocycles. The first-order valence-corrected chi connectivity index (χ1v) is 16.5. The quantitative estimate of drug-likeness (QED) is 0.358. The van der Waals surface area contributed by atoms with Gasteiger partial charge in [0.15, 0.2) is 0 Å². The maximum atomic E-state index is 12.3. The molecule has 0 saturated heterocycles. The molecule has 2 heterocycles. The van der Waals surface area contributed by atoms with Crippen LogP contribution >= 0.6 is 11.6 Å². The van der Waals surface area contributed by atoms with Crippen molar-refractivity contribution in [2.75, 3.05) is 38.3 Å². The van der Waals surface area contributed by atoms with Crippen molar-refractivity contribution in [3.63, 3.8) is 0 Å². The zero-order valence-electron chi connectivity index (χ0n) is 24.1. The number of ether oxygens (including phenoxy) is 3. The number of carbonyl (C=O) groups is 1. The maximum absolute atomic E-state index is 12.3. The summed E-state index contributed by atoms with van der Waals surface area (Å²) in [6, 6.07) is 12.9. The zero-order valence-corrected chi connectivity index (χ0v) is 25.7. The van der Waals surface area contributed by atoms with Gasteiger partial charge in [-0.25, -0.2) is 13.6 Å². The molecule has 1 aliphatic heterocycles. The second kappa shape index (κ2) is 12.0. The molecule has 0 amide bonds. The minimum absolute atomic E-state index is 0.0689. The number of sulfonamides is 1. The lowest BCUT2D eigenvalue weighted by atomic mass is 9.69. The Labute approximate surface area is 257 Å². The molecule has 0 bridgehead atoms. The van der Waals surface area contributed by atoms with Crippen molar-refractivity contribution < 1.29 is 27.4 Å². The molecule has 1 spiro atoms. The van der Waals surface area contributed by atoms with E-state index in [4.69, 9.17) is 31.0 Å². The lowest BCUT2D eigenvalue weighted by molar-refractivity contribution is -0.139. The predicted molar refractivity (Wildman–Crippen MR) is 163 cm³/mol. The highest BCUT2D eigenvalue weighted by Crippen LogP contribution is 2.46. The number of primary sulfonamides is 1. The maximum Gasteiger partial charge on any atom is 0.310 e. The number of rotatable bonds is 8. The Morgan fingerprint density at radius 2 is 2.00 bits per heavy atom. The van der Waals surface area contributed by atoms with E-state index < -0.39 is 10.0 Å². The Morgan fingerprint density at radius 1 is 1.16 bits per heavy atom. The molecule has 9 nitrogen and oxygen atoms in total. The predicted octanol–water partition coefficient (Wildman–Crippen LogP) is 4.68. The highest BCUT2D eigenvalue weighted by molar-refractivity contribution is 7.89. The molecule has 3 atom stereocenters. The number of aromatic nitrogens is 1. The molecule has 1 saturated carbocycles. The second-order valence-electron chi connectivity index (χ2n) is 12.0. The average Bonchev–Trinajstić information content (AvgIpc) is 3.12. The van der Waals surface area contributed by atoms with Gasteiger partial charge in [-0.3, -0.25) is 9.78 Å². The molecule has 3 aliphatic rings. The third-order valence-electron chi connectivity index (χ3n) is 9.18. The molecule has 2 N–H and O–H groups in total. The van der Waals surface area contributed by atoms with E-state index in [-0.39, 0.29) is 22.7 Å². The van der Waals surface area contributed by atoms with Crippen LogP contribution in [0.3, 0.4) is 0 Å². The van der Waals surface area contributed by atoms with Gasteiger partial charge < -0.3 is 19.1 Å². The number of halogens is 1. The van der Waals surface area contributed by atoms with Crippen LogP contribution in [0.2, 0.25) is 5.02 Å². The Hall–Kier alpha value is -3.34.